The van der Waals surface area contributed by atoms with Gasteiger partial charge in [-0.15, -0.1) is 22.7 Å². The fourth-order valence-corrected chi connectivity index (χ4v) is 5.90. The molecule has 9 nitrogen and oxygen atoms in total. The highest BCUT2D eigenvalue weighted by Gasteiger charge is 2.45. The van der Waals surface area contributed by atoms with E-state index in [1.165, 1.54) is 40.9 Å². The van der Waals surface area contributed by atoms with Gasteiger partial charge in [-0.25, -0.2) is 9.97 Å². The Morgan fingerprint density at radius 3 is 2.51 bits per heavy atom. The number of nitrogens with zero attached hydrogens (tertiary/aromatic N) is 3. The molecular weight excluding hydrogens is 510 g/mol. The third kappa shape index (κ3) is 5.42. The summed E-state index contributed by atoms with van der Waals surface area (Å²) in [6.45, 7) is 3.84. The van der Waals surface area contributed by atoms with Crippen LogP contribution < -0.4 is 10.6 Å². The van der Waals surface area contributed by atoms with Crippen molar-refractivity contribution < 1.29 is 14.5 Å². The van der Waals surface area contributed by atoms with Crippen molar-refractivity contribution in [3.8, 4) is 10.6 Å². The molecule has 1 aliphatic carbocycles. The summed E-state index contributed by atoms with van der Waals surface area (Å²) in [6.07, 6.45) is 1.45. The number of anilines is 1. The second-order valence-electron chi connectivity index (χ2n) is 8.96. The fraction of sp³-hybridized carbons (Fsp3) is 0.231. The molecule has 37 heavy (non-hydrogen) atoms. The van der Waals surface area contributed by atoms with Crippen LogP contribution in [0.1, 0.15) is 45.0 Å². The molecule has 2 aromatic carbocycles. The maximum Gasteiger partial charge on any atom is 0.270 e. The second-order valence-corrected chi connectivity index (χ2v) is 11.0. The first-order chi connectivity index (χ1) is 17.7. The second kappa shape index (κ2) is 9.83. The molecule has 2 aromatic heterocycles. The number of carbonyl (C=O) groups is 2. The van der Waals surface area contributed by atoms with Crippen LogP contribution in [0.2, 0.25) is 0 Å². The zero-order valence-corrected chi connectivity index (χ0v) is 21.7. The highest BCUT2D eigenvalue weighted by Crippen LogP contribution is 2.45. The summed E-state index contributed by atoms with van der Waals surface area (Å²) in [4.78, 5) is 46.7. The SMILES string of the molecule is Cc1nc(C)c(-c2csc(NC(=O)Cc3cc(C(=O)NC4(c5ccccc5)CC4)cc([N+](=O)[O-])c3)n2)s1. The Morgan fingerprint density at radius 2 is 1.86 bits per heavy atom. The molecule has 0 radical (unpaired) electrons. The van der Waals surface area contributed by atoms with Crippen LogP contribution in [0.25, 0.3) is 10.6 Å². The lowest BCUT2D eigenvalue weighted by Gasteiger charge is -2.18. The first-order valence-corrected chi connectivity index (χ1v) is 13.3. The average molecular weight is 534 g/mol. The van der Waals surface area contributed by atoms with Crippen molar-refractivity contribution in [2.75, 3.05) is 5.32 Å². The third-order valence-corrected chi connectivity index (χ3v) is 7.98. The lowest BCUT2D eigenvalue weighted by atomic mass is 10.0. The summed E-state index contributed by atoms with van der Waals surface area (Å²) in [6, 6.07) is 13.7. The fourth-order valence-electron chi connectivity index (χ4n) is 4.22. The van der Waals surface area contributed by atoms with Crippen LogP contribution in [0.15, 0.2) is 53.9 Å². The van der Waals surface area contributed by atoms with E-state index in [2.05, 4.69) is 20.6 Å². The lowest BCUT2D eigenvalue weighted by Crippen LogP contribution is -2.35. The molecule has 2 N–H and O–H groups in total. The molecule has 1 aliphatic rings. The molecule has 11 heteroatoms. The van der Waals surface area contributed by atoms with Crippen LogP contribution in [0.5, 0.6) is 0 Å². The van der Waals surface area contributed by atoms with E-state index in [9.17, 15) is 19.7 Å². The molecule has 5 rings (SSSR count). The van der Waals surface area contributed by atoms with Gasteiger partial charge in [-0.2, -0.15) is 0 Å². The van der Waals surface area contributed by atoms with Crippen molar-refractivity contribution in [1.82, 2.24) is 15.3 Å². The van der Waals surface area contributed by atoms with Gasteiger partial charge in [0.2, 0.25) is 5.91 Å². The molecule has 0 saturated heterocycles. The van der Waals surface area contributed by atoms with Crippen LogP contribution in [0.4, 0.5) is 10.8 Å². The molecule has 0 aliphatic heterocycles. The molecule has 1 fully saturated rings. The molecule has 4 aromatic rings. The Labute approximate surface area is 220 Å². The maximum atomic E-state index is 13.1. The maximum absolute atomic E-state index is 13.1. The Morgan fingerprint density at radius 1 is 1.11 bits per heavy atom. The number of thiazole rings is 2. The van der Waals surface area contributed by atoms with Gasteiger partial charge in [0.05, 0.1) is 38.2 Å². The van der Waals surface area contributed by atoms with E-state index in [0.717, 1.165) is 39.7 Å². The molecular formula is C26H23N5O4S2. The van der Waals surface area contributed by atoms with Gasteiger partial charge in [0.1, 0.15) is 0 Å². The third-order valence-electron chi connectivity index (χ3n) is 6.13. The molecule has 1 saturated carbocycles. The van der Waals surface area contributed by atoms with Crippen molar-refractivity contribution in [2.45, 2.75) is 38.6 Å². The minimum Gasteiger partial charge on any atom is -0.343 e. The average Bonchev–Trinajstić information content (AvgIpc) is 3.37. The number of aryl methyl sites for hydroxylation is 2. The summed E-state index contributed by atoms with van der Waals surface area (Å²) < 4.78 is 0. The van der Waals surface area contributed by atoms with Gasteiger partial charge >= 0.3 is 0 Å². The van der Waals surface area contributed by atoms with Gasteiger partial charge < -0.3 is 10.6 Å². The number of aromatic nitrogens is 2. The molecule has 0 spiro atoms. The number of hydrogen-bond acceptors (Lipinski definition) is 8. The Kier molecular flexibility index (Phi) is 6.57. The predicted octanol–water partition coefficient (Wildman–Crippen LogP) is 5.39. The zero-order valence-electron chi connectivity index (χ0n) is 20.1. The van der Waals surface area contributed by atoms with Crippen molar-refractivity contribution in [3.05, 3.63) is 91.4 Å². The number of carbonyl (C=O) groups excluding carboxylic acids is 2. The minimum atomic E-state index is -0.561. The minimum absolute atomic E-state index is 0.139. The van der Waals surface area contributed by atoms with Crippen LogP contribution in [0.3, 0.4) is 0 Å². The number of benzene rings is 2. The normalized spacial score (nSPS) is 13.7. The Balaban J connectivity index is 1.31. The molecule has 0 unspecified atom stereocenters. The predicted molar refractivity (Wildman–Crippen MR) is 143 cm³/mol. The number of nitro groups is 1. The van der Waals surface area contributed by atoms with E-state index in [-0.39, 0.29) is 23.6 Å². The number of non-ortho nitro benzene ring substituents is 1. The van der Waals surface area contributed by atoms with Crippen LogP contribution in [0, 0.1) is 24.0 Å². The van der Waals surface area contributed by atoms with E-state index >= 15 is 0 Å². The van der Waals surface area contributed by atoms with Crippen LogP contribution >= 0.6 is 22.7 Å². The highest BCUT2D eigenvalue weighted by molar-refractivity contribution is 7.16. The topological polar surface area (TPSA) is 127 Å². The molecule has 0 bridgehead atoms. The number of nitrogens with one attached hydrogen (secondary N) is 2. The molecule has 2 amide bonds. The summed E-state index contributed by atoms with van der Waals surface area (Å²) in [5.74, 6) is -0.792. The summed E-state index contributed by atoms with van der Waals surface area (Å²) in [5, 5.41) is 20.6. The number of hydrogen-bond donors (Lipinski definition) is 2. The smallest absolute Gasteiger partial charge is 0.270 e. The van der Waals surface area contributed by atoms with Crippen molar-refractivity contribution in [3.63, 3.8) is 0 Å². The molecule has 0 atom stereocenters. The van der Waals surface area contributed by atoms with Gasteiger partial charge in [-0.3, -0.25) is 19.7 Å². The molecule has 2 heterocycles. The molecule has 188 valence electrons. The van der Waals surface area contributed by atoms with Gasteiger partial charge in [0, 0.05) is 23.1 Å². The largest absolute Gasteiger partial charge is 0.343 e. The van der Waals surface area contributed by atoms with Crippen molar-refractivity contribution in [2.24, 2.45) is 0 Å². The van der Waals surface area contributed by atoms with E-state index in [0.29, 0.717) is 10.7 Å². The first kappa shape index (κ1) is 24.7. The highest BCUT2D eigenvalue weighted by atomic mass is 32.1. The summed E-state index contributed by atoms with van der Waals surface area (Å²) in [5.41, 5.74) is 2.43. The number of nitro benzene ring substituents is 1. The summed E-state index contributed by atoms with van der Waals surface area (Å²) >= 11 is 2.83. The number of rotatable bonds is 8. The van der Waals surface area contributed by atoms with Gasteiger partial charge in [-0.05, 0) is 43.9 Å². The Bertz CT molecular complexity index is 1510. The Hall–Kier alpha value is -3.96. The first-order valence-electron chi connectivity index (χ1n) is 11.6. The van der Waals surface area contributed by atoms with E-state index < -0.39 is 16.4 Å². The van der Waals surface area contributed by atoms with Gasteiger partial charge in [-0.1, -0.05) is 30.3 Å². The standard InChI is InChI=1S/C26H23N5O4S2/c1-15-23(37-16(2)27-15)21-14-36-25(28-21)29-22(32)12-17-10-18(13-20(11-17)31(34)35)24(33)30-26(8-9-26)19-6-4-3-5-7-19/h3-7,10-11,13-14H,8-9,12H2,1-2H3,(H,30,33)(H,28,29,32). The quantitative estimate of drug-likeness (QED) is 0.231. The van der Waals surface area contributed by atoms with Gasteiger partial charge in [0.25, 0.3) is 11.6 Å². The van der Waals surface area contributed by atoms with E-state index in [1.54, 1.807) is 0 Å². The lowest BCUT2D eigenvalue weighted by molar-refractivity contribution is -0.384. The number of amides is 2. The van der Waals surface area contributed by atoms with Crippen LogP contribution in [-0.4, -0.2) is 26.7 Å². The van der Waals surface area contributed by atoms with E-state index in [4.69, 9.17) is 0 Å². The van der Waals surface area contributed by atoms with E-state index in [1.807, 2.05) is 49.6 Å². The summed E-state index contributed by atoms with van der Waals surface area (Å²) in [7, 11) is 0. The zero-order chi connectivity index (χ0) is 26.2. The van der Waals surface area contributed by atoms with Crippen molar-refractivity contribution >= 4 is 45.3 Å². The van der Waals surface area contributed by atoms with Crippen LogP contribution in [-0.2, 0) is 16.8 Å². The monoisotopic (exact) mass is 533 g/mol. The van der Waals surface area contributed by atoms with Crippen molar-refractivity contribution in [1.29, 1.82) is 0 Å². The van der Waals surface area contributed by atoms with Gasteiger partial charge in [0.15, 0.2) is 5.13 Å².